The average Bonchev–Trinajstić information content (AvgIpc) is 3.11. The van der Waals surface area contributed by atoms with E-state index in [0.717, 1.165) is 18.7 Å². The summed E-state index contributed by atoms with van der Waals surface area (Å²) in [5.41, 5.74) is 0.0193. The summed E-state index contributed by atoms with van der Waals surface area (Å²) in [6.07, 6.45) is -0.889. The second-order valence-electron chi connectivity index (χ2n) is 5.56. The van der Waals surface area contributed by atoms with Crippen molar-refractivity contribution in [2.24, 2.45) is 0 Å². The standard InChI is InChI=1S/C17H17F3N6O/c1-2-21-8-7-13-25-26-16(27-13)14-15(23-10-9-22-14)24-12-5-3-11(4-6-12)17(18,19)20/h3-6,9-10,21H,2,7-8H2,1H3,(H,23,24). The Balaban J connectivity index is 1.78. The minimum atomic E-state index is -4.39. The highest BCUT2D eigenvalue weighted by molar-refractivity contribution is 5.70. The number of rotatable bonds is 7. The van der Waals surface area contributed by atoms with Gasteiger partial charge in [-0.3, -0.25) is 0 Å². The van der Waals surface area contributed by atoms with Gasteiger partial charge in [0.1, 0.15) is 0 Å². The molecule has 2 heterocycles. The second-order valence-corrected chi connectivity index (χ2v) is 5.56. The zero-order valence-corrected chi connectivity index (χ0v) is 14.4. The summed E-state index contributed by atoms with van der Waals surface area (Å²) in [7, 11) is 0. The summed E-state index contributed by atoms with van der Waals surface area (Å²) in [5, 5.41) is 14.0. The van der Waals surface area contributed by atoms with E-state index < -0.39 is 11.7 Å². The van der Waals surface area contributed by atoms with E-state index in [1.807, 2.05) is 6.92 Å². The van der Waals surface area contributed by atoms with Gasteiger partial charge in [0.15, 0.2) is 11.5 Å². The van der Waals surface area contributed by atoms with Crippen LogP contribution >= 0.6 is 0 Å². The molecule has 0 saturated heterocycles. The molecule has 142 valence electrons. The average molecular weight is 378 g/mol. The van der Waals surface area contributed by atoms with E-state index in [-0.39, 0.29) is 5.89 Å². The highest BCUT2D eigenvalue weighted by atomic mass is 19.4. The molecule has 1 aromatic carbocycles. The van der Waals surface area contributed by atoms with E-state index in [9.17, 15) is 13.2 Å². The van der Waals surface area contributed by atoms with E-state index in [0.29, 0.717) is 36.1 Å². The fourth-order valence-corrected chi connectivity index (χ4v) is 2.29. The first kappa shape index (κ1) is 18.8. The van der Waals surface area contributed by atoms with Crippen molar-refractivity contribution in [3.8, 4) is 11.6 Å². The van der Waals surface area contributed by atoms with Crippen LogP contribution in [0.3, 0.4) is 0 Å². The molecule has 0 aliphatic rings. The van der Waals surface area contributed by atoms with Crippen LogP contribution in [0.15, 0.2) is 41.1 Å². The zero-order chi connectivity index (χ0) is 19.3. The molecule has 2 N–H and O–H groups in total. The molecular formula is C17H17F3N6O. The van der Waals surface area contributed by atoms with E-state index >= 15 is 0 Å². The molecule has 3 rings (SSSR count). The lowest BCUT2D eigenvalue weighted by Crippen LogP contribution is -2.16. The van der Waals surface area contributed by atoms with Crippen LogP contribution in [0.1, 0.15) is 18.4 Å². The molecule has 0 unspecified atom stereocenters. The van der Waals surface area contributed by atoms with Crippen LogP contribution in [0.2, 0.25) is 0 Å². The smallest absolute Gasteiger partial charge is 0.416 e. The Hall–Kier alpha value is -3.01. The molecule has 3 aromatic rings. The van der Waals surface area contributed by atoms with Crippen molar-refractivity contribution in [3.05, 3.63) is 48.1 Å². The fraction of sp³-hybridized carbons (Fsp3) is 0.294. The van der Waals surface area contributed by atoms with Crippen molar-refractivity contribution in [2.45, 2.75) is 19.5 Å². The Kier molecular flexibility index (Phi) is 5.65. The third-order valence-corrected chi connectivity index (χ3v) is 3.61. The van der Waals surface area contributed by atoms with Gasteiger partial charge < -0.3 is 15.1 Å². The molecule has 0 saturated carbocycles. The van der Waals surface area contributed by atoms with Gasteiger partial charge in [-0.25, -0.2) is 9.97 Å². The van der Waals surface area contributed by atoms with E-state index in [1.54, 1.807) is 0 Å². The lowest BCUT2D eigenvalue weighted by atomic mass is 10.2. The topological polar surface area (TPSA) is 88.8 Å². The first-order valence-electron chi connectivity index (χ1n) is 8.26. The number of alkyl halides is 3. The molecule has 0 amide bonds. The van der Waals surface area contributed by atoms with Crippen LogP contribution in [-0.2, 0) is 12.6 Å². The number of hydrogen-bond donors (Lipinski definition) is 2. The van der Waals surface area contributed by atoms with Gasteiger partial charge in [-0.15, -0.1) is 10.2 Å². The Morgan fingerprint density at radius 1 is 1.04 bits per heavy atom. The zero-order valence-electron chi connectivity index (χ0n) is 14.4. The van der Waals surface area contributed by atoms with Crippen molar-refractivity contribution in [1.82, 2.24) is 25.5 Å². The summed E-state index contributed by atoms with van der Waals surface area (Å²) in [6.45, 7) is 3.54. The highest BCUT2D eigenvalue weighted by Crippen LogP contribution is 2.31. The molecular weight excluding hydrogens is 361 g/mol. The fourth-order valence-electron chi connectivity index (χ4n) is 2.29. The third-order valence-electron chi connectivity index (χ3n) is 3.61. The number of aromatic nitrogens is 4. The number of hydrogen-bond acceptors (Lipinski definition) is 7. The lowest BCUT2D eigenvalue weighted by Gasteiger charge is -2.10. The minimum Gasteiger partial charge on any atom is -0.419 e. The molecule has 0 aliphatic heterocycles. The molecule has 0 aliphatic carbocycles. The molecule has 27 heavy (non-hydrogen) atoms. The van der Waals surface area contributed by atoms with Crippen LogP contribution in [0, 0.1) is 0 Å². The maximum Gasteiger partial charge on any atom is 0.416 e. The normalized spacial score (nSPS) is 11.6. The van der Waals surface area contributed by atoms with Gasteiger partial charge in [0, 0.05) is 31.0 Å². The number of benzene rings is 1. The lowest BCUT2D eigenvalue weighted by molar-refractivity contribution is -0.137. The Morgan fingerprint density at radius 2 is 1.78 bits per heavy atom. The van der Waals surface area contributed by atoms with E-state index in [4.69, 9.17) is 4.42 Å². The molecule has 0 atom stereocenters. The van der Waals surface area contributed by atoms with Crippen LogP contribution in [0.5, 0.6) is 0 Å². The summed E-state index contributed by atoms with van der Waals surface area (Å²) >= 11 is 0. The van der Waals surface area contributed by atoms with E-state index in [2.05, 4.69) is 30.8 Å². The molecule has 10 heteroatoms. The Morgan fingerprint density at radius 3 is 2.48 bits per heavy atom. The predicted molar refractivity (Wildman–Crippen MR) is 92.3 cm³/mol. The van der Waals surface area contributed by atoms with E-state index in [1.165, 1.54) is 24.5 Å². The third kappa shape index (κ3) is 4.79. The monoisotopic (exact) mass is 378 g/mol. The first-order chi connectivity index (χ1) is 13.0. The summed E-state index contributed by atoms with van der Waals surface area (Å²) < 4.78 is 43.6. The van der Waals surface area contributed by atoms with Crippen LogP contribution in [0.4, 0.5) is 24.7 Å². The van der Waals surface area contributed by atoms with Gasteiger partial charge in [0.05, 0.1) is 5.56 Å². The van der Waals surface area contributed by atoms with Gasteiger partial charge >= 0.3 is 6.18 Å². The van der Waals surface area contributed by atoms with Crippen molar-refractivity contribution >= 4 is 11.5 Å². The summed E-state index contributed by atoms with van der Waals surface area (Å²) in [4.78, 5) is 8.37. The molecule has 0 spiro atoms. The van der Waals surface area contributed by atoms with Crippen LogP contribution < -0.4 is 10.6 Å². The maximum absolute atomic E-state index is 12.7. The Bertz CT molecular complexity index is 879. The summed E-state index contributed by atoms with van der Waals surface area (Å²) in [5.74, 6) is 0.945. The molecule has 7 nitrogen and oxygen atoms in total. The van der Waals surface area contributed by atoms with Gasteiger partial charge in [-0.1, -0.05) is 6.92 Å². The largest absolute Gasteiger partial charge is 0.419 e. The van der Waals surface area contributed by atoms with Crippen molar-refractivity contribution in [1.29, 1.82) is 0 Å². The first-order valence-corrected chi connectivity index (χ1v) is 8.26. The molecule has 2 aromatic heterocycles. The van der Waals surface area contributed by atoms with Crippen molar-refractivity contribution < 1.29 is 17.6 Å². The van der Waals surface area contributed by atoms with Crippen molar-refractivity contribution in [2.75, 3.05) is 18.4 Å². The minimum absolute atomic E-state index is 0.184. The van der Waals surface area contributed by atoms with Crippen molar-refractivity contribution in [3.63, 3.8) is 0 Å². The number of likely N-dealkylation sites (N-methyl/N-ethyl adjacent to an activating group) is 1. The van der Waals surface area contributed by atoms with Crippen LogP contribution in [-0.4, -0.2) is 33.3 Å². The number of anilines is 2. The molecule has 0 radical (unpaired) electrons. The number of nitrogens with zero attached hydrogens (tertiary/aromatic N) is 4. The second kappa shape index (κ2) is 8.12. The van der Waals surface area contributed by atoms with Gasteiger partial charge in [0.25, 0.3) is 5.89 Å². The number of nitrogens with one attached hydrogen (secondary N) is 2. The maximum atomic E-state index is 12.7. The van der Waals surface area contributed by atoms with Gasteiger partial charge in [0.2, 0.25) is 5.89 Å². The predicted octanol–water partition coefficient (Wildman–Crippen LogP) is 3.44. The highest BCUT2D eigenvalue weighted by Gasteiger charge is 2.30. The summed E-state index contributed by atoms with van der Waals surface area (Å²) in [6, 6.07) is 4.61. The van der Waals surface area contributed by atoms with Gasteiger partial charge in [-0.05, 0) is 30.8 Å². The number of halogens is 3. The van der Waals surface area contributed by atoms with Gasteiger partial charge in [-0.2, -0.15) is 13.2 Å². The Labute approximate surface area is 153 Å². The SMILES string of the molecule is CCNCCc1nnc(-c2nccnc2Nc2ccc(C(F)(F)F)cc2)o1. The van der Waals surface area contributed by atoms with Crippen LogP contribution in [0.25, 0.3) is 11.6 Å². The quantitative estimate of drug-likeness (QED) is 0.609. The molecule has 0 fully saturated rings. The molecule has 0 bridgehead atoms.